The first-order valence-corrected chi connectivity index (χ1v) is 9.74. The highest BCUT2D eigenvalue weighted by molar-refractivity contribution is 5.64. The Morgan fingerprint density at radius 1 is 1.07 bits per heavy atom. The van der Waals surface area contributed by atoms with Crippen LogP contribution in [0.15, 0.2) is 53.1 Å². The van der Waals surface area contributed by atoms with E-state index in [9.17, 15) is 0 Å². The van der Waals surface area contributed by atoms with E-state index in [1.54, 1.807) is 7.11 Å². The zero-order valence-electron chi connectivity index (χ0n) is 16.1. The fourth-order valence-electron chi connectivity index (χ4n) is 3.36. The van der Waals surface area contributed by atoms with Crippen molar-refractivity contribution in [3.63, 3.8) is 0 Å². The van der Waals surface area contributed by atoms with Crippen molar-refractivity contribution in [3.05, 3.63) is 59.9 Å². The zero-order valence-corrected chi connectivity index (χ0v) is 16.1. The molecule has 1 N–H and O–H groups in total. The lowest BCUT2D eigenvalue weighted by Gasteiger charge is -2.24. The maximum absolute atomic E-state index is 6.27. The van der Waals surface area contributed by atoms with Crippen molar-refractivity contribution >= 4 is 0 Å². The van der Waals surface area contributed by atoms with Crippen LogP contribution in [0, 0.1) is 0 Å². The third-order valence-corrected chi connectivity index (χ3v) is 4.95. The smallest absolute Gasteiger partial charge is 0.261 e. The molecular weight excluding hydrogens is 354 g/mol. The predicted molar refractivity (Wildman–Crippen MR) is 107 cm³/mol. The topological polar surface area (TPSA) is 69.4 Å². The van der Waals surface area contributed by atoms with Crippen LogP contribution in [0.4, 0.5) is 0 Å². The Labute approximate surface area is 164 Å². The highest BCUT2D eigenvalue weighted by atomic mass is 16.5. The molecule has 1 aliphatic heterocycles. The summed E-state index contributed by atoms with van der Waals surface area (Å²) in [7, 11) is 1.65. The van der Waals surface area contributed by atoms with E-state index in [0.717, 1.165) is 55.8 Å². The van der Waals surface area contributed by atoms with E-state index in [4.69, 9.17) is 14.0 Å². The number of aryl methyl sites for hydroxylation is 2. The SMILES string of the molecule is COc1ccc(-c2nc(CCc3ccccc3)no2)c(OC2CCNCC2)c1. The van der Waals surface area contributed by atoms with E-state index in [1.165, 1.54) is 5.56 Å². The predicted octanol–water partition coefficient (Wildman–Crippen LogP) is 3.66. The van der Waals surface area contributed by atoms with Gasteiger partial charge in [0.05, 0.1) is 12.7 Å². The summed E-state index contributed by atoms with van der Waals surface area (Å²) in [6.45, 7) is 1.93. The fraction of sp³-hybridized carbons (Fsp3) is 0.364. The molecule has 28 heavy (non-hydrogen) atoms. The molecule has 1 fully saturated rings. The van der Waals surface area contributed by atoms with Crippen LogP contribution in [0.5, 0.6) is 11.5 Å². The summed E-state index contributed by atoms with van der Waals surface area (Å²) < 4.78 is 17.2. The van der Waals surface area contributed by atoms with Crippen LogP contribution in [-0.4, -0.2) is 36.4 Å². The molecular formula is C22H25N3O3. The number of piperidine rings is 1. The standard InChI is InChI=1S/C22H25N3O3/c1-26-18-8-9-19(20(15-18)27-17-11-13-23-14-12-17)22-24-21(25-28-22)10-7-16-5-3-2-4-6-16/h2-6,8-9,15,17,23H,7,10-14H2,1H3. The van der Waals surface area contributed by atoms with E-state index in [0.29, 0.717) is 11.7 Å². The van der Waals surface area contributed by atoms with Crippen LogP contribution >= 0.6 is 0 Å². The van der Waals surface area contributed by atoms with Crippen LogP contribution in [0.1, 0.15) is 24.2 Å². The van der Waals surface area contributed by atoms with Gasteiger partial charge < -0.3 is 19.3 Å². The van der Waals surface area contributed by atoms with E-state index >= 15 is 0 Å². The van der Waals surface area contributed by atoms with Gasteiger partial charge in [-0.15, -0.1) is 0 Å². The van der Waals surface area contributed by atoms with Crippen molar-refractivity contribution < 1.29 is 14.0 Å². The molecule has 0 bridgehead atoms. The lowest BCUT2D eigenvalue weighted by atomic mass is 10.1. The molecule has 4 rings (SSSR count). The molecule has 1 aromatic heterocycles. The van der Waals surface area contributed by atoms with Gasteiger partial charge in [0, 0.05) is 12.5 Å². The molecule has 0 unspecified atom stereocenters. The zero-order chi connectivity index (χ0) is 19.2. The van der Waals surface area contributed by atoms with Crippen LogP contribution in [0.25, 0.3) is 11.5 Å². The number of benzene rings is 2. The number of aromatic nitrogens is 2. The first-order chi connectivity index (χ1) is 13.8. The molecule has 6 heteroatoms. The quantitative estimate of drug-likeness (QED) is 0.676. The third-order valence-electron chi connectivity index (χ3n) is 4.95. The second-order valence-corrected chi connectivity index (χ2v) is 6.93. The van der Waals surface area contributed by atoms with Crippen LogP contribution in [0.3, 0.4) is 0 Å². The summed E-state index contributed by atoms with van der Waals surface area (Å²) in [5.74, 6) is 2.65. The highest BCUT2D eigenvalue weighted by Crippen LogP contribution is 2.34. The Bertz CT molecular complexity index is 889. The minimum absolute atomic E-state index is 0.174. The number of nitrogens with zero attached hydrogens (tertiary/aromatic N) is 2. The molecule has 146 valence electrons. The van der Waals surface area contributed by atoms with Crippen molar-refractivity contribution in [1.82, 2.24) is 15.5 Å². The number of hydrogen-bond acceptors (Lipinski definition) is 6. The summed E-state index contributed by atoms with van der Waals surface area (Å²) in [6.07, 6.45) is 3.73. The molecule has 1 aliphatic rings. The average molecular weight is 379 g/mol. The van der Waals surface area contributed by atoms with Crippen molar-refractivity contribution in [3.8, 4) is 23.0 Å². The molecule has 0 amide bonds. The summed E-state index contributed by atoms with van der Waals surface area (Å²) in [5.41, 5.74) is 2.06. The largest absolute Gasteiger partial charge is 0.497 e. The number of rotatable bonds is 7. The van der Waals surface area contributed by atoms with Crippen molar-refractivity contribution in [1.29, 1.82) is 0 Å². The average Bonchev–Trinajstić information content (AvgIpc) is 3.22. The van der Waals surface area contributed by atoms with Gasteiger partial charge in [0.25, 0.3) is 5.89 Å². The van der Waals surface area contributed by atoms with Gasteiger partial charge in [-0.1, -0.05) is 35.5 Å². The van der Waals surface area contributed by atoms with Gasteiger partial charge in [0.15, 0.2) is 5.82 Å². The summed E-state index contributed by atoms with van der Waals surface area (Å²) in [4.78, 5) is 4.59. The molecule has 1 saturated heterocycles. The van der Waals surface area contributed by atoms with E-state index in [1.807, 2.05) is 36.4 Å². The summed E-state index contributed by atoms with van der Waals surface area (Å²) >= 11 is 0. The van der Waals surface area contributed by atoms with Gasteiger partial charge in [0.1, 0.15) is 17.6 Å². The van der Waals surface area contributed by atoms with Gasteiger partial charge in [-0.2, -0.15) is 4.98 Å². The van der Waals surface area contributed by atoms with E-state index in [-0.39, 0.29) is 6.10 Å². The normalized spacial score (nSPS) is 14.8. The Morgan fingerprint density at radius 3 is 2.68 bits per heavy atom. The molecule has 0 atom stereocenters. The maximum atomic E-state index is 6.27. The van der Waals surface area contributed by atoms with Crippen molar-refractivity contribution in [2.75, 3.05) is 20.2 Å². The van der Waals surface area contributed by atoms with Crippen LogP contribution in [0.2, 0.25) is 0 Å². The lowest BCUT2D eigenvalue weighted by molar-refractivity contribution is 0.162. The van der Waals surface area contributed by atoms with Gasteiger partial charge in [0.2, 0.25) is 0 Å². The summed E-state index contributed by atoms with van der Waals surface area (Å²) in [6, 6.07) is 16.0. The van der Waals surface area contributed by atoms with Crippen molar-refractivity contribution in [2.24, 2.45) is 0 Å². The Hall–Kier alpha value is -2.86. The number of nitrogens with one attached hydrogen (secondary N) is 1. The molecule has 2 heterocycles. The van der Waals surface area contributed by atoms with Gasteiger partial charge >= 0.3 is 0 Å². The molecule has 0 saturated carbocycles. The molecule has 6 nitrogen and oxygen atoms in total. The van der Waals surface area contributed by atoms with Crippen LogP contribution < -0.4 is 14.8 Å². The van der Waals surface area contributed by atoms with Gasteiger partial charge in [-0.05, 0) is 50.0 Å². The van der Waals surface area contributed by atoms with Gasteiger partial charge in [-0.25, -0.2) is 0 Å². The Kier molecular flexibility index (Phi) is 5.87. The maximum Gasteiger partial charge on any atom is 0.261 e. The second kappa shape index (κ2) is 8.89. The van der Waals surface area contributed by atoms with Crippen molar-refractivity contribution in [2.45, 2.75) is 31.8 Å². The highest BCUT2D eigenvalue weighted by Gasteiger charge is 2.20. The number of methoxy groups -OCH3 is 1. The van der Waals surface area contributed by atoms with Crippen LogP contribution in [-0.2, 0) is 12.8 Å². The minimum atomic E-state index is 0.174. The number of ether oxygens (including phenoxy) is 2. The third kappa shape index (κ3) is 4.51. The molecule has 2 aromatic carbocycles. The monoisotopic (exact) mass is 379 g/mol. The Morgan fingerprint density at radius 2 is 1.89 bits per heavy atom. The molecule has 0 spiro atoms. The van der Waals surface area contributed by atoms with Gasteiger partial charge in [-0.3, -0.25) is 0 Å². The fourth-order valence-corrected chi connectivity index (χ4v) is 3.36. The second-order valence-electron chi connectivity index (χ2n) is 6.93. The Balaban J connectivity index is 1.52. The van der Waals surface area contributed by atoms with E-state index < -0.39 is 0 Å². The van der Waals surface area contributed by atoms with E-state index in [2.05, 4.69) is 27.6 Å². The minimum Gasteiger partial charge on any atom is -0.497 e. The lowest BCUT2D eigenvalue weighted by Crippen LogP contribution is -2.34. The molecule has 0 radical (unpaired) electrons. The first-order valence-electron chi connectivity index (χ1n) is 9.74. The number of hydrogen-bond donors (Lipinski definition) is 1. The molecule has 3 aromatic rings. The first kappa shape index (κ1) is 18.5. The summed E-state index contributed by atoms with van der Waals surface area (Å²) in [5, 5.41) is 7.51. The molecule has 0 aliphatic carbocycles.